The van der Waals surface area contributed by atoms with Crippen LogP contribution in [0.15, 0.2) is 35.1 Å². The van der Waals surface area contributed by atoms with Crippen molar-refractivity contribution >= 4 is 33.2 Å². The summed E-state index contributed by atoms with van der Waals surface area (Å²) in [6.07, 6.45) is 3.44. The van der Waals surface area contributed by atoms with Crippen LogP contribution in [0.3, 0.4) is 0 Å². The van der Waals surface area contributed by atoms with Crippen LogP contribution in [0.1, 0.15) is 5.82 Å². The minimum absolute atomic E-state index is 0.110. The Balaban J connectivity index is 2.05. The number of nitrogens with one attached hydrogen (secondary N) is 1. The molecular formula is C12H13BrN4O. The molecule has 0 saturated heterocycles. The highest BCUT2D eigenvalue weighted by atomic mass is 79.9. The van der Waals surface area contributed by atoms with Crippen LogP contribution in [0.5, 0.6) is 0 Å². The summed E-state index contributed by atoms with van der Waals surface area (Å²) in [7, 11) is 0. The molecule has 0 saturated carbocycles. The van der Waals surface area contributed by atoms with Gasteiger partial charge in [0.15, 0.2) is 0 Å². The normalized spacial score (nSPS) is 10.3. The van der Waals surface area contributed by atoms with Crippen LogP contribution in [0.25, 0.3) is 0 Å². The molecule has 1 aromatic carbocycles. The first kappa shape index (κ1) is 12.6. The lowest BCUT2D eigenvalue weighted by Crippen LogP contribution is -2.19. The number of nitrogens with two attached hydrogens (primary N) is 1. The van der Waals surface area contributed by atoms with E-state index in [1.165, 1.54) is 0 Å². The quantitative estimate of drug-likeness (QED) is 0.854. The van der Waals surface area contributed by atoms with Crippen molar-refractivity contribution < 1.29 is 4.79 Å². The number of benzene rings is 1. The molecule has 3 N–H and O–H groups in total. The first-order valence-electron chi connectivity index (χ1n) is 5.39. The van der Waals surface area contributed by atoms with Crippen LogP contribution in [0.4, 0.5) is 11.4 Å². The Hall–Kier alpha value is -1.82. The number of amides is 1. The van der Waals surface area contributed by atoms with Gasteiger partial charge in [-0.15, -0.1) is 0 Å². The molecule has 0 aliphatic carbocycles. The molecular weight excluding hydrogens is 296 g/mol. The first-order valence-corrected chi connectivity index (χ1v) is 6.18. The zero-order valence-corrected chi connectivity index (χ0v) is 11.4. The summed E-state index contributed by atoms with van der Waals surface area (Å²) in [5.41, 5.74) is 6.98. The summed E-state index contributed by atoms with van der Waals surface area (Å²) < 4.78 is 2.54. The highest BCUT2D eigenvalue weighted by molar-refractivity contribution is 9.10. The minimum Gasteiger partial charge on any atom is -0.399 e. The molecule has 2 aromatic rings. The average Bonchev–Trinajstić information content (AvgIpc) is 2.69. The van der Waals surface area contributed by atoms with Crippen LogP contribution in [0.2, 0.25) is 0 Å². The highest BCUT2D eigenvalue weighted by Gasteiger charge is 2.07. The van der Waals surface area contributed by atoms with Crippen molar-refractivity contribution in [2.45, 2.75) is 13.5 Å². The van der Waals surface area contributed by atoms with E-state index in [0.717, 1.165) is 10.3 Å². The Morgan fingerprint density at radius 2 is 2.33 bits per heavy atom. The van der Waals surface area contributed by atoms with Gasteiger partial charge >= 0.3 is 0 Å². The Bertz CT molecular complexity index is 579. The van der Waals surface area contributed by atoms with Crippen LogP contribution in [-0.4, -0.2) is 15.5 Å². The summed E-state index contributed by atoms with van der Waals surface area (Å²) in [6.45, 7) is 2.09. The van der Waals surface area contributed by atoms with Gasteiger partial charge in [0.25, 0.3) is 0 Å². The van der Waals surface area contributed by atoms with Crippen LogP contribution in [-0.2, 0) is 11.3 Å². The van der Waals surface area contributed by atoms with E-state index < -0.39 is 0 Å². The van der Waals surface area contributed by atoms with Gasteiger partial charge in [0.2, 0.25) is 5.91 Å². The van der Waals surface area contributed by atoms with Gasteiger partial charge < -0.3 is 15.6 Å². The molecule has 0 bridgehead atoms. The molecule has 6 heteroatoms. The predicted molar refractivity (Wildman–Crippen MR) is 74.1 cm³/mol. The topological polar surface area (TPSA) is 72.9 Å². The molecule has 94 valence electrons. The number of nitrogens with zero attached hydrogens (tertiary/aromatic N) is 2. The first-order chi connectivity index (χ1) is 8.56. The van der Waals surface area contributed by atoms with Crippen molar-refractivity contribution in [3.8, 4) is 0 Å². The maximum atomic E-state index is 11.9. The maximum absolute atomic E-state index is 11.9. The van der Waals surface area contributed by atoms with E-state index in [1.54, 1.807) is 35.2 Å². The molecule has 0 aliphatic rings. The number of aryl methyl sites for hydroxylation is 1. The Kier molecular flexibility index (Phi) is 3.66. The van der Waals surface area contributed by atoms with Gasteiger partial charge in [-0.05, 0) is 41.1 Å². The van der Waals surface area contributed by atoms with Crippen LogP contribution in [0, 0.1) is 6.92 Å². The van der Waals surface area contributed by atoms with E-state index in [4.69, 9.17) is 5.73 Å². The molecule has 1 aromatic heterocycles. The van der Waals surface area contributed by atoms with Crippen molar-refractivity contribution in [3.63, 3.8) is 0 Å². The number of halogens is 1. The van der Waals surface area contributed by atoms with E-state index in [9.17, 15) is 4.79 Å². The summed E-state index contributed by atoms with van der Waals surface area (Å²) in [5, 5.41) is 2.81. The Morgan fingerprint density at radius 1 is 1.56 bits per heavy atom. The lowest BCUT2D eigenvalue weighted by molar-refractivity contribution is -0.116. The van der Waals surface area contributed by atoms with E-state index in [2.05, 4.69) is 26.2 Å². The van der Waals surface area contributed by atoms with Gasteiger partial charge in [-0.2, -0.15) is 0 Å². The average molecular weight is 309 g/mol. The van der Waals surface area contributed by atoms with E-state index >= 15 is 0 Å². The smallest absolute Gasteiger partial charge is 0.244 e. The van der Waals surface area contributed by atoms with Crippen molar-refractivity contribution in [1.29, 1.82) is 0 Å². The summed E-state index contributed by atoms with van der Waals surface area (Å²) in [6, 6.07) is 5.25. The van der Waals surface area contributed by atoms with E-state index in [1.807, 2.05) is 6.92 Å². The minimum atomic E-state index is -0.110. The molecule has 1 amide bonds. The van der Waals surface area contributed by atoms with Crippen molar-refractivity contribution in [2.24, 2.45) is 0 Å². The number of nitrogen functional groups attached to an aromatic ring is 1. The zero-order valence-electron chi connectivity index (χ0n) is 9.85. The molecule has 0 atom stereocenters. The van der Waals surface area contributed by atoms with E-state index in [-0.39, 0.29) is 12.5 Å². The van der Waals surface area contributed by atoms with Gasteiger partial charge in [0, 0.05) is 22.6 Å². The van der Waals surface area contributed by atoms with Gasteiger partial charge in [-0.3, -0.25) is 4.79 Å². The predicted octanol–water partition coefficient (Wildman–Crippen LogP) is 2.17. The molecule has 0 spiro atoms. The van der Waals surface area contributed by atoms with Crippen LogP contribution < -0.4 is 11.1 Å². The number of anilines is 2. The fourth-order valence-electron chi connectivity index (χ4n) is 1.55. The molecule has 18 heavy (non-hydrogen) atoms. The standard InChI is InChI=1S/C12H13BrN4O/c1-8-15-4-5-17(8)7-12(18)16-11-3-2-9(14)6-10(11)13/h2-6H,7,14H2,1H3,(H,16,18). The maximum Gasteiger partial charge on any atom is 0.244 e. The highest BCUT2D eigenvalue weighted by Crippen LogP contribution is 2.24. The molecule has 0 radical (unpaired) electrons. The largest absolute Gasteiger partial charge is 0.399 e. The number of carbonyl (C=O) groups excluding carboxylic acids is 1. The Morgan fingerprint density at radius 3 is 2.94 bits per heavy atom. The summed E-state index contributed by atoms with van der Waals surface area (Å²) in [5.74, 6) is 0.697. The molecule has 2 rings (SSSR count). The van der Waals surface area contributed by atoms with Crippen molar-refractivity contribution in [2.75, 3.05) is 11.1 Å². The number of rotatable bonds is 3. The third-order valence-corrected chi connectivity index (χ3v) is 3.16. The molecule has 0 aliphatic heterocycles. The molecule has 0 fully saturated rings. The SMILES string of the molecule is Cc1nccn1CC(=O)Nc1ccc(N)cc1Br. The lowest BCUT2D eigenvalue weighted by atomic mass is 10.3. The molecule has 5 nitrogen and oxygen atoms in total. The van der Waals surface area contributed by atoms with Crippen molar-refractivity contribution in [1.82, 2.24) is 9.55 Å². The second-order valence-electron chi connectivity index (χ2n) is 3.89. The fraction of sp³-hybridized carbons (Fsp3) is 0.167. The number of imidazole rings is 1. The number of aromatic nitrogens is 2. The van der Waals surface area contributed by atoms with Crippen molar-refractivity contribution in [3.05, 3.63) is 40.9 Å². The number of hydrogen-bond acceptors (Lipinski definition) is 3. The fourth-order valence-corrected chi connectivity index (χ4v) is 2.04. The Labute approximate surface area is 113 Å². The second-order valence-corrected chi connectivity index (χ2v) is 4.74. The van der Waals surface area contributed by atoms with Crippen LogP contribution >= 0.6 is 15.9 Å². The van der Waals surface area contributed by atoms with Gasteiger partial charge in [0.1, 0.15) is 12.4 Å². The van der Waals surface area contributed by atoms with Gasteiger partial charge in [0.05, 0.1) is 5.69 Å². The van der Waals surface area contributed by atoms with Gasteiger partial charge in [-0.25, -0.2) is 4.98 Å². The lowest BCUT2D eigenvalue weighted by Gasteiger charge is -2.09. The molecule has 0 unspecified atom stereocenters. The van der Waals surface area contributed by atoms with Gasteiger partial charge in [-0.1, -0.05) is 0 Å². The monoisotopic (exact) mass is 308 g/mol. The zero-order chi connectivity index (χ0) is 13.1. The third kappa shape index (κ3) is 2.89. The number of carbonyl (C=O) groups is 1. The molecule has 1 heterocycles. The number of hydrogen-bond donors (Lipinski definition) is 2. The third-order valence-electron chi connectivity index (χ3n) is 2.50. The summed E-state index contributed by atoms with van der Waals surface area (Å²) in [4.78, 5) is 15.9. The van der Waals surface area contributed by atoms with E-state index in [0.29, 0.717) is 11.4 Å². The second kappa shape index (κ2) is 5.22. The summed E-state index contributed by atoms with van der Waals surface area (Å²) >= 11 is 3.35.